The summed E-state index contributed by atoms with van der Waals surface area (Å²) in [6.07, 6.45) is 3.63. The molecule has 2 rings (SSSR count). The molecule has 0 aliphatic rings. The molecule has 1 heterocycles. The Morgan fingerprint density at radius 3 is 2.50 bits per heavy atom. The van der Waals surface area contributed by atoms with Crippen molar-refractivity contribution < 1.29 is 0 Å². The molecule has 0 fully saturated rings. The molecule has 0 radical (unpaired) electrons. The predicted molar refractivity (Wildman–Crippen MR) is 84.4 cm³/mol. The van der Waals surface area contributed by atoms with Crippen LogP contribution in [0.2, 0.25) is 10.0 Å². The van der Waals surface area contributed by atoms with Crippen molar-refractivity contribution in [1.29, 1.82) is 0 Å². The van der Waals surface area contributed by atoms with Crippen LogP contribution in [0.25, 0.3) is 0 Å². The van der Waals surface area contributed by atoms with Gasteiger partial charge in [-0.2, -0.15) is 5.10 Å². The number of nitrogens with zero attached hydrogens (tertiary/aromatic N) is 2. The van der Waals surface area contributed by atoms with Crippen LogP contribution < -0.4 is 5.32 Å². The van der Waals surface area contributed by atoms with E-state index >= 15 is 0 Å². The second kappa shape index (κ2) is 7.11. The van der Waals surface area contributed by atoms with Gasteiger partial charge in [0.25, 0.3) is 0 Å². The van der Waals surface area contributed by atoms with E-state index in [1.54, 1.807) is 0 Å². The largest absolute Gasteiger partial charge is 0.308 e. The van der Waals surface area contributed by atoms with Crippen molar-refractivity contribution in [2.75, 3.05) is 6.54 Å². The summed E-state index contributed by atoms with van der Waals surface area (Å²) in [6.45, 7) is 3.09. The highest BCUT2D eigenvalue weighted by atomic mass is 35.5. The Bertz CT molecular complexity index is 546. The van der Waals surface area contributed by atoms with Crippen LogP contribution in [-0.4, -0.2) is 16.3 Å². The monoisotopic (exact) mass is 311 g/mol. The highest BCUT2D eigenvalue weighted by Gasteiger charge is 2.18. The Morgan fingerprint density at radius 1 is 1.25 bits per heavy atom. The Hall–Kier alpha value is -1.03. The summed E-state index contributed by atoms with van der Waals surface area (Å²) >= 11 is 12.5. The first-order chi connectivity index (χ1) is 9.63. The van der Waals surface area contributed by atoms with Gasteiger partial charge in [0.05, 0.1) is 11.7 Å². The molecule has 0 spiro atoms. The van der Waals surface area contributed by atoms with E-state index in [-0.39, 0.29) is 6.04 Å². The van der Waals surface area contributed by atoms with Crippen molar-refractivity contribution in [1.82, 2.24) is 15.1 Å². The zero-order valence-corrected chi connectivity index (χ0v) is 13.2. The summed E-state index contributed by atoms with van der Waals surface area (Å²) < 4.78 is 1.89. The van der Waals surface area contributed by atoms with Crippen molar-refractivity contribution >= 4 is 23.2 Å². The molecule has 5 heteroatoms. The van der Waals surface area contributed by atoms with Gasteiger partial charge in [0.15, 0.2) is 0 Å². The number of rotatable bonds is 6. The zero-order chi connectivity index (χ0) is 14.5. The lowest BCUT2D eigenvalue weighted by Gasteiger charge is -2.20. The molecule has 1 aromatic heterocycles. The molecule has 0 saturated heterocycles. The number of benzene rings is 1. The van der Waals surface area contributed by atoms with Gasteiger partial charge in [-0.1, -0.05) is 36.2 Å². The molecule has 0 aliphatic heterocycles. The maximum atomic E-state index is 6.27. The molecular formula is C15H19Cl2N3. The average Bonchev–Trinajstić information content (AvgIpc) is 2.84. The third-order valence-corrected chi connectivity index (χ3v) is 4.03. The Kier molecular flexibility index (Phi) is 5.46. The lowest BCUT2D eigenvalue weighted by Crippen LogP contribution is -2.26. The lowest BCUT2D eigenvalue weighted by atomic mass is 10.0. The number of hydrogen-bond donors (Lipinski definition) is 1. The summed E-state index contributed by atoms with van der Waals surface area (Å²) in [5, 5.41) is 9.20. The van der Waals surface area contributed by atoms with Gasteiger partial charge in [-0.25, -0.2) is 0 Å². The molecule has 108 valence electrons. The Labute approximate surface area is 129 Å². The van der Waals surface area contributed by atoms with Crippen LogP contribution in [0.3, 0.4) is 0 Å². The minimum Gasteiger partial charge on any atom is -0.308 e. The maximum Gasteiger partial charge on any atom is 0.0553 e. The first-order valence-electron chi connectivity index (χ1n) is 6.77. The van der Waals surface area contributed by atoms with Crippen LogP contribution in [0.5, 0.6) is 0 Å². The first kappa shape index (κ1) is 15.4. The zero-order valence-electron chi connectivity index (χ0n) is 11.7. The molecule has 20 heavy (non-hydrogen) atoms. The van der Waals surface area contributed by atoms with Crippen LogP contribution >= 0.6 is 23.2 Å². The van der Waals surface area contributed by atoms with Crippen molar-refractivity contribution in [3.63, 3.8) is 0 Å². The molecular weight excluding hydrogens is 293 g/mol. The van der Waals surface area contributed by atoms with Gasteiger partial charge < -0.3 is 5.32 Å². The van der Waals surface area contributed by atoms with Gasteiger partial charge in [-0.15, -0.1) is 0 Å². The maximum absolute atomic E-state index is 6.27. The standard InChI is InChI=1S/C15H19Cl2N3/c1-3-8-18-14(15-7-9-19-20(15)2)10-11-12(16)5-4-6-13(11)17/h4-7,9,14,18H,3,8,10H2,1-2H3. The SMILES string of the molecule is CCCNC(Cc1c(Cl)cccc1Cl)c1ccnn1C. The van der Waals surface area contributed by atoms with E-state index in [1.807, 2.05) is 42.2 Å². The summed E-state index contributed by atoms with van der Waals surface area (Å²) in [7, 11) is 1.95. The third kappa shape index (κ3) is 3.54. The molecule has 0 aliphatic carbocycles. The fraction of sp³-hybridized carbons (Fsp3) is 0.400. The van der Waals surface area contributed by atoms with Gasteiger partial charge in [0.2, 0.25) is 0 Å². The van der Waals surface area contributed by atoms with Crippen LogP contribution in [0, 0.1) is 0 Å². The number of halogens is 2. The molecule has 1 atom stereocenters. The van der Waals surface area contributed by atoms with Crippen molar-refractivity contribution in [2.24, 2.45) is 7.05 Å². The van der Waals surface area contributed by atoms with Gasteiger partial charge >= 0.3 is 0 Å². The van der Waals surface area contributed by atoms with Gasteiger partial charge in [-0.05, 0) is 43.1 Å². The normalized spacial score (nSPS) is 12.6. The van der Waals surface area contributed by atoms with E-state index in [0.29, 0.717) is 10.0 Å². The molecule has 1 N–H and O–H groups in total. The topological polar surface area (TPSA) is 29.9 Å². The van der Waals surface area contributed by atoms with Crippen molar-refractivity contribution in [2.45, 2.75) is 25.8 Å². The smallest absolute Gasteiger partial charge is 0.0553 e. The molecule has 1 aromatic carbocycles. The van der Waals surface area contributed by atoms with E-state index < -0.39 is 0 Å². The van der Waals surface area contributed by atoms with Crippen molar-refractivity contribution in [3.8, 4) is 0 Å². The quantitative estimate of drug-likeness (QED) is 0.873. The molecule has 0 bridgehead atoms. The minimum atomic E-state index is 0.153. The number of aryl methyl sites for hydroxylation is 1. The number of nitrogens with one attached hydrogen (secondary N) is 1. The molecule has 1 unspecified atom stereocenters. The van der Waals surface area contributed by atoms with E-state index in [1.165, 1.54) is 0 Å². The molecule has 3 nitrogen and oxygen atoms in total. The summed E-state index contributed by atoms with van der Waals surface area (Å²) in [5.41, 5.74) is 2.11. The van der Waals surface area contributed by atoms with E-state index in [9.17, 15) is 0 Å². The fourth-order valence-electron chi connectivity index (χ4n) is 2.26. The van der Waals surface area contributed by atoms with Crippen molar-refractivity contribution in [3.05, 3.63) is 51.8 Å². The second-order valence-electron chi connectivity index (χ2n) is 4.79. The first-order valence-corrected chi connectivity index (χ1v) is 7.53. The fourth-order valence-corrected chi connectivity index (χ4v) is 2.81. The number of aromatic nitrogens is 2. The third-order valence-electron chi connectivity index (χ3n) is 3.33. The van der Waals surface area contributed by atoms with Crippen LogP contribution in [-0.2, 0) is 13.5 Å². The molecule has 0 amide bonds. The van der Waals surface area contributed by atoms with E-state index in [4.69, 9.17) is 23.2 Å². The Balaban J connectivity index is 2.26. The second-order valence-corrected chi connectivity index (χ2v) is 5.61. The van der Waals surface area contributed by atoms with Crippen LogP contribution in [0.15, 0.2) is 30.5 Å². The lowest BCUT2D eigenvalue weighted by molar-refractivity contribution is 0.493. The Morgan fingerprint density at radius 2 is 1.95 bits per heavy atom. The van der Waals surface area contributed by atoms with E-state index in [2.05, 4.69) is 17.3 Å². The summed E-state index contributed by atoms with van der Waals surface area (Å²) in [5.74, 6) is 0. The van der Waals surface area contributed by atoms with Gasteiger partial charge in [-0.3, -0.25) is 4.68 Å². The summed E-state index contributed by atoms with van der Waals surface area (Å²) in [6, 6.07) is 7.80. The van der Waals surface area contributed by atoms with Crippen LogP contribution in [0.4, 0.5) is 0 Å². The predicted octanol–water partition coefficient (Wildman–Crippen LogP) is 4.01. The highest BCUT2D eigenvalue weighted by Crippen LogP contribution is 2.29. The number of hydrogen-bond acceptors (Lipinski definition) is 2. The highest BCUT2D eigenvalue weighted by molar-refractivity contribution is 6.36. The molecule has 2 aromatic rings. The summed E-state index contributed by atoms with van der Waals surface area (Å²) in [4.78, 5) is 0. The van der Waals surface area contributed by atoms with E-state index in [0.717, 1.165) is 30.6 Å². The average molecular weight is 312 g/mol. The molecule has 0 saturated carbocycles. The van der Waals surface area contributed by atoms with Crippen LogP contribution in [0.1, 0.15) is 30.6 Å². The van der Waals surface area contributed by atoms with Gasteiger partial charge in [0, 0.05) is 23.3 Å². The minimum absolute atomic E-state index is 0.153. The van der Waals surface area contributed by atoms with Gasteiger partial charge in [0.1, 0.15) is 0 Å².